The lowest BCUT2D eigenvalue weighted by Gasteiger charge is -2.32. The number of benzene rings is 2. The maximum absolute atomic E-state index is 13.5. The van der Waals surface area contributed by atoms with Crippen LogP contribution in [0.4, 0.5) is 22.1 Å². The van der Waals surface area contributed by atoms with Crippen molar-refractivity contribution < 1.29 is 38.3 Å². The molecule has 1 fully saturated rings. The number of nitrogens with two attached hydrogens (primary N) is 2. The number of aryl methyl sites for hydroxylation is 2. The van der Waals surface area contributed by atoms with E-state index in [-0.39, 0.29) is 54.3 Å². The van der Waals surface area contributed by atoms with E-state index in [2.05, 4.69) is 30.9 Å². The molecule has 7 N–H and O–H groups in total. The fraction of sp³-hybridized carbons (Fsp3) is 0.415. The number of fused-ring (bicyclic) bond motifs is 1. The summed E-state index contributed by atoms with van der Waals surface area (Å²) in [7, 11) is 1.43. The van der Waals surface area contributed by atoms with Crippen LogP contribution in [0.1, 0.15) is 77.4 Å². The minimum Gasteiger partial charge on any atom is -0.494 e. The van der Waals surface area contributed by atoms with Crippen LogP contribution >= 0.6 is 0 Å². The van der Waals surface area contributed by atoms with Gasteiger partial charge in [-0.1, -0.05) is 24.3 Å². The molecule has 0 atom stereocenters. The molecule has 4 aromatic rings. The summed E-state index contributed by atoms with van der Waals surface area (Å²) >= 11 is 0. The Hall–Kier alpha value is -6.96. The van der Waals surface area contributed by atoms with Crippen molar-refractivity contribution in [1.29, 1.82) is 0 Å². The number of nitrogens with zero attached hydrogens (tertiary/aromatic N) is 6. The highest BCUT2D eigenvalue weighted by Gasteiger charge is 2.25. The van der Waals surface area contributed by atoms with Gasteiger partial charge in [-0.3, -0.25) is 39.4 Å². The molecule has 20 nitrogen and oxygen atoms in total. The van der Waals surface area contributed by atoms with E-state index in [4.69, 9.17) is 25.7 Å². The van der Waals surface area contributed by atoms with Crippen molar-refractivity contribution in [3.05, 3.63) is 87.3 Å². The van der Waals surface area contributed by atoms with Gasteiger partial charge in [0.05, 0.1) is 23.2 Å². The number of carbonyl (C=O) groups excluding carboxylic acids is 4. The minimum absolute atomic E-state index is 0.0250. The van der Waals surface area contributed by atoms with Gasteiger partial charge in [0.2, 0.25) is 17.8 Å². The quantitative estimate of drug-likeness (QED) is 0.0525. The molecule has 4 amide bonds. The largest absolute Gasteiger partial charge is 0.494 e. The van der Waals surface area contributed by atoms with Crippen molar-refractivity contribution in [3.8, 4) is 11.5 Å². The molecule has 0 bridgehead atoms. The van der Waals surface area contributed by atoms with Gasteiger partial charge in [0.1, 0.15) is 29.2 Å². The summed E-state index contributed by atoms with van der Waals surface area (Å²) in [5.41, 5.74) is 12.0. The monoisotopic (exact) mass is 843 g/mol. The molecule has 0 radical (unpaired) electrons. The fourth-order valence-electron chi connectivity index (χ4n) is 6.70. The number of alkyl carbamates (subject to hydrolysis) is 1. The number of nitro benzene ring substituents is 1. The van der Waals surface area contributed by atoms with Crippen LogP contribution in [-0.2, 0) is 17.8 Å². The van der Waals surface area contributed by atoms with Gasteiger partial charge in [-0.05, 0) is 71.7 Å². The molecule has 0 saturated carbocycles. The molecule has 1 aliphatic rings. The van der Waals surface area contributed by atoms with Gasteiger partial charge in [0.25, 0.3) is 11.6 Å². The number of imidazole rings is 1. The second kappa shape index (κ2) is 19.9. The van der Waals surface area contributed by atoms with Gasteiger partial charge in [-0.25, -0.2) is 9.78 Å². The number of anilines is 2. The van der Waals surface area contributed by atoms with Crippen LogP contribution in [-0.4, -0.2) is 105 Å². The zero-order chi connectivity index (χ0) is 44.4. The van der Waals surface area contributed by atoms with Crippen molar-refractivity contribution in [2.45, 2.75) is 72.2 Å². The summed E-state index contributed by atoms with van der Waals surface area (Å²) in [6, 6.07) is 7.11. The topological polar surface area (TPSA) is 266 Å². The molecular weight excluding hydrogens is 791 g/mol. The summed E-state index contributed by atoms with van der Waals surface area (Å²) in [5, 5.41) is 25.4. The highest BCUT2D eigenvalue weighted by molar-refractivity contribution is 6.04. The molecular formula is C41H53N11O9. The Labute approximate surface area is 352 Å². The van der Waals surface area contributed by atoms with Crippen LogP contribution in [0.5, 0.6) is 11.5 Å². The molecule has 3 heterocycles. The Morgan fingerprint density at radius 1 is 0.967 bits per heavy atom. The summed E-state index contributed by atoms with van der Waals surface area (Å²) < 4.78 is 20.2. The molecule has 61 heavy (non-hydrogen) atoms. The first-order valence-electron chi connectivity index (χ1n) is 19.7. The number of aromatic nitrogens is 4. The van der Waals surface area contributed by atoms with E-state index in [1.54, 1.807) is 40.5 Å². The molecule has 1 aliphatic heterocycles. The van der Waals surface area contributed by atoms with Crippen molar-refractivity contribution in [2.24, 2.45) is 11.5 Å². The van der Waals surface area contributed by atoms with Gasteiger partial charge >= 0.3 is 6.09 Å². The van der Waals surface area contributed by atoms with Crippen LogP contribution in [0.3, 0.4) is 0 Å². The normalized spacial score (nSPS) is 13.7. The standard InChI is InChI=1S/C41H53N11O9/c1-7-51-31(20-25(2)48-51)38(55)47-39-46-29-21-26(36(42)53)24-33(59-6)35(29)50(39)16-9-8-14-44-34-30(52(57)58)22-27(37(43)54)23-32(34)60-19-11-10-15-49-17-12-28(13-18-49)45-40(56)61-41(3,4)5/h8-11,20-24,28,44H,7,12-19H2,1-6H3,(H2,42,53)(H2,43,54)(H,45,56)(H,46,47,55)/b9-8+,11-10+. The fourth-order valence-corrected chi connectivity index (χ4v) is 6.70. The van der Waals surface area contributed by atoms with E-state index in [1.807, 2.05) is 33.8 Å². The molecule has 20 heteroatoms. The van der Waals surface area contributed by atoms with E-state index >= 15 is 0 Å². The number of nitro groups is 1. The number of likely N-dealkylation sites (tertiary alicyclic amines) is 1. The lowest BCUT2D eigenvalue weighted by atomic mass is 10.1. The smallest absolute Gasteiger partial charge is 0.407 e. The Morgan fingerprint density at radius 2 is 1.64 bits per heavy atom. The average molecular weight is 844 g/mol. The molecule has 0 aliphatic carbocycles. The molecule has 0 spiro atoms. The summed E-state index contributed by atoms with van der Waals surface area (Å²) in [5.74, 6) is -1.51. The van der Waals surface area contributed by atoms with E-state index < -0.39 is 40.0 Å². The van der Waals surface area contributed by atoms with E-state index in [0.29, 0.717) is 41.3 Å². The number of amides is 4. The predicted octanol–water partition coefficient (Wildman–Crippen LogP) is 4.52. The van der Waals surface area contributed by atoms with Gasteiger partial charge in [0, 0.05) is 62.5 Å². The SMILES string of the molecule is CCn1nc(C)cc1C(=O)Nc1nc2cc(C(N)=O)cc(OC)c2n1C/C=C/CNc1c(OC/C=C/CN2CCC(NC(=O)OC(C)(C)C)CC2)cc(C(N)=O)cc1[N+](=O)[O-]. The number of hydrogen-bond acceptors (Lipinski definition) is 13. The summed E-state index contributed by atoms with van der Waals surface area (Å²) in [4.78, 5) is 68.2. The number of rotatable bonds is 18. The van der Waals surface area contributed by atoms with Crippen LogP contribution in [0.15, 0.2) is 54.6 Å². The lowest BCUT2D eigenvalue weighted by Crippen LogP contribution is -2.46. The Morgan fingerprint density at radius 3 is 2.28 bits per heavy atom. The highest BCUT2D eigenvalue weighted by atomic mass is 16.6. The molecule has 326 valence electrons. The average Bonchev–Trinajstić information content (AvgIpc) is 3.76. The van der Waals surface area contributed by atoms with Crippen molar-refractivity contribution in [1.82, 2.24) is 29.5 Å². The number of hydrogen-bond donors (Lipinski definition) is 5. The molecule has 2 aromatic heterocycles. The number of piperidine rings is 1. The zero-order valence-corrected chi connectivity index (χ0v) is 35.1. The first-order valence-corrected chi connectivity index (χ1v) is 19.7. The van der Waals surface area contributed by atoms with Crippen LogP contribution in [0, 0.1) is 17.0 Å². The number of primary amides is 2. The first-order chi connectivity index (χ1) is 29.0. The second-order valence-corrected chi connectivity index (χ2v) is 15.2. The maximum atomic E-state index is 13.5. The van der Waals surface area contributed by atoms with E-state index in [1.165, 1.54) is 25.3 Å². The third-order valence-corrected chi connectivity index (χ3v) is 9.56. The summed E-state index contributed by atoms with van der Waals surface area (Å²) in [6.45, 7) is 12.0. The van der Waals surface area contributed by atoms with Gasteiger partial charge in [-0.15, -0.1) is 0 Å². The number of allylic oxidation sites excluding steroid dienone is 1. The Balaban J connectivity index is 1.28. The number of methoxy groups -OCH3 is 1. The zero-order valence-electron chi connectivity index (χ0n) is 35.1. The number of carbonyl (C=O) groups is 4. The minimum atomic E-state index is -0.859. The molecule has 2 aromatic carbocycles. The van der Waals surface area contributed by atoms with Crippen molar-refractivity contribution in [2.75, 3.05) is 50.5 Å². The maximum Gasteiger partial charge on any atom is 0.407 e. The Bertz CT molecular complexity index is 2330. The highest BCUT2D eigenvalue weighted by Crippen LogP contribution is 2.36. The first kappa shape index (κ1) is 45.1. The molecule has 0 unspecified atom stereocenters. The van der Waals surface area contributed by atoms with E-state index in [9.17, 15) is 29.3 Å². The summed E-state index contributed by atoms with van der Waals surface area (Å²) in [6.07, 6.45) is 8.26. The molecule has 1 saturated heterocycles. The number of ether oxygens (including phenoxy) is 3. The third-order valence-electron chi connectivity index (χ3n) is 9.56. The predicted molar refractivity (Wildman–Crippen MR) is 228 cm³/mol. The van der Waals surface area contributed by atoms with Crippen LogP contribution in [0.2, 0.25) is 0 Å². The van der Waals surface area contributed by atoms with Gasteiger partial charge in [-0.2, -0.15) is 5.10 Å². The van der Waals surface area contributed by atoms with Crippen LogP contribution < -0.4 is 36.9 Å². The Kier molecular flexibility index (Phi) is 14.7. The van der Waals surface area contributed by atoms with Gasteiger partial charge in [0.15, 0.2) is 11.4 Å². The molecule has 5 rings (SSSR count). The van der Waals surface area contributed by atoms with Crippen molar-refractivity contribution in [3.63, 3.8) is 0 Å². The third kappa shape index (κ3) is 11.8. The lowest BCUT2D eigenvalue weighted by molar-refractivity contribution is -0.384. The second-order valence-electron chi connectivity index (χ2n) is 15.2. The van der Waals surface area contributed by atoms with Crippen molar-refractivity contribution >= 4 is 52.2 Å². The number of nitrogens with one attached hydrogen (secondary N) is 3. The van der Waals surface area contributed by atoms with E-state index in [0.717, 1.165) is 32.0 Å². The van der Waals surface area contributed by atoms with Gasteiger partial charge < -0.3 is 40.9 Å². The van der Waals surface area contributed by atoms with Crippen LogP contribution in [0.25, 0.3) is 11.0 Å².